The number of hydrogen-bond acceptors (Lipinski definition) is 7. The molecule has 0 atom stereocenters. The minimum Gasteiger partial charge on any atom is -0.497 e. The van der Waals surface area contributed by atoms with Gasteiger partial charge in [0.2, 0.25) is 0 Å². The van der Waals surface area contributed by atoms with E-state index >= 15 is 0 Å². The summed E-state index contributed by atoms with van der Waals surface area (Å²) in [4.78, 5) is 11.1. The molecule has 206 valence electrons. The first-order valence-corrected chi connectivity index (χ1v) is 13.0. The van der Waals surface area contributed by atoms with Crippen LogP contribution in [0.4, 0.5) is 5.69 Å². The van der Waals surface area contributed by atoms with Crippen molar-refractivity contribution in [3.05, 3.63) is 113 Å². The molecule has 4 aromatic carbocycles. The molecule has 0 saturated carbocycles. The standard InChI is InChI=1S/C32H30N2O4.CH4O/c1-36-28-11-9-27(10-12-28)34-20-29-18-26-16-23(21-37-31-8-3-2-6-24(31)13-14-35)17-30(32(26)38-29)25-7-4-5-22(15-25)19-33;1-2/h2-12,14-18,34H,13,19-21,33H2,1H3;2H,1H3. The van der Waals surface area contributed by atoms with Gasteiger partial charge in [0.25, 0.3) is 0 Å². The largest absolute Gasteiger partial charge is 0.497 e. The topological polar surface area (TPSA) is 107 Å². The third-order valence-electron chi connectivity index (χ3n) is 6.43. The van der Waals surface area contributed by atoms with Crippen molar-refractivity contribution < 1.29 is 23.8 Å². The number of aldehydes is 1. The van der Waals surface area contributed by atoms with Gasteiger partial charge in [-0.15, -0.1) is 0 Å². The van der Waals surface area contributed by atoms with Crippen molar-refractivity contribution in [3.63, 3.8) is 0 Å². The molecule has 0 aliphatic rings. The van der Waals surface area contributed by atoms with Gasteiger partial charge in [0, 0.05) is 42.3 Å². The monoisotopic (exact) mass is 538 g/mol. The summed E-state index contributed by atoms with van der Waals surface area (Å²) in [6.45, 7) is 1.36. The minimum absolute atomic E-state index is 0.318. The lowest BCUT2D eigenvalue weighted by Crippen LogP contribution is -2.00. The zero-order valence-corrected chi connectivity index (χ0v) is 22.7. The van der Waals surface area contributed by atoms with E-state index in [2.05, 4.69) is 35.6 Å². The smallest absolute Gasteiger partial charge is 0.142 e. The van der Waals surface area contributed by atoms with E-state index in [9.17, 15) is 4.79 Å². The van der Waals surface area contributed by atoms with Gasteiger partial charge in [0.15, 0.2) is 0 Å². The Balaban J connectivity index is 0.00000181. The molecule has 5 aromatic rings. The zero-order valence-electron chi connectivity index (χ0n) is 22.7. The van der Waals surface area contributed by atoms with Gasteiger partial charge in [0.05, 0.1) is 13.7 Å². The van der Waals surface area contributed by atoms with Crippen LogP contribution in [-0.2, 0) is 30.9 Å². The van der Waals surface area contributed by atoms with Gasteiger partial charge < -0.3 is 34.8 Å². The molecule has 0 amide bonds. The molecule has 40 heavy (non-hydrogen) atoms. The number of anilines is 1. The van der Waals surface area contributed by atoms with Crippen LogP contribution in [-0.4, -0.2) is 25.6 Å². The molecule has 0 fully saturated rings. The first-order valence-electron chi connectivity index (χ1n) is 13.0. The number of nitrogens with one attached hydrogen (secondary N) is 1. The maximum atomic E-state index is 11.1. The van der Waals surface area contributed by atoms with Crippen molar-refractivity contribution in [1.82, 2.24) is 0 Å². The summed E-state index contributed by atoms with van der Waals surface area (Å²) in [7, 11) is 2.65. The number of hydrogen-bond donors (Lipinski definition) is 3. The van der Waals surface area contributed by atoms with E-state index in [0.717, 1.165) is 69.4 Å². The van der Waals surface area contributed by atoms with Crippen molar-refractivity contribution in [2.75, 3.05) is 19.5 Å². The van der Waals surface area contributed by atoms with Crippen LogP contribution in [0.1, 0.15) is 22.5 Å². The Morgan fingerprint density at radius 1 is 0.925 bits per heavy atom. The molecule has 0 bridgehead atoms. The van der Waals surface area contributed by atoms with Crippen LogP contribution in [0.15, 0.2) is 95.4 Å². The number of para-hydroxylation sites is 1. The van der Waals surface area contributed by atoms with Crippen LogP contribution >= 0.6 is 0 Å². The lowest BCUT2D eigenvalue weighted by atomic mass is 9.99. The zero-order chi connectivity index (χ0) is 28.3. The Labute approximate surface area is 234 Å². The number of aliphatic hydroxyl groups excluding tert-OH is 1. The molecule has 0 unspecified atom stereocenters. The van der Waals surface area contributed by atoms with Gasteiger partial charge in [0.1, 0.15) is 35.7 Å². The molecule has 7 heteroatoms. The van der Waals surface area contributed by atoms with Crippen LogP contribution in [0.25, 0.3) is 22.1 Å². The number of benzene rings is 4. The van der Waals surface area contributed by atoms with Gasteiger partial charge in [-0.25, -0.2) is 0 Å². The maximum absolute atomic E-state index is 11.1. The van der Waals surface area contributed by atoms with E-state index in [1.54, 1.807) is 7.11 Å². The van der Waals surface area contributed by atoms with Crippen LogP contribution < -0.4 is 20.5 Å². The lowest BCUT2D eigenvalue weighted by molar-refractivity contribution is -0.107. The van der Waals surface area contributed by atoms with Crippen molar-refractivity contribution in [3.8, 4) is 22.6 Å². The number of fused-ring (bicyclic) bond motifs is 1. The fourth-order valence-electron chi connectivity index (χ4n) is 4.48. The number of nitrogens with two attached hydrogens (primary N) is 1. The Bertz CT molecular complexity index is 1540. The Morgan fingerprint density at radius 3 is 2.48 bits per heavy atom. The van der Waals surface area contributed by atoms with E-state index < -0.39 is 0 Å². The average molecular weight is 539 g/mol. The molecular weight excluding hydrogens is 504 g/mol. The van der Waals surface area contributed by atoms with Crippen molar-refractivity contribution in [2.45, 2.75) is 26.1 Å². The fraction of sp³-hybridized carbons (Fsp3) is 0.182. The molecule has 0 aliphatic heterocycles. The number of ether oxygens (including phenoxy) is 2. The first kappa shape index (κ1) is 28.4. The van der Waals surface area contributed by atoms with E-state index in [0.29, 0.717) is 31.9 Å². The van der Waals surface area contributed by atoms with Crippen LogP contribution in [0.3, 0.4) is 0 Å². The second-order valence-corrected chi connectivity index (χ2v) is 9.03. The molecule has 5 rings (SSSR count). The highest BCUT2D eigenvalue weighted by molar-refractivity contribution is 5.93. The molecule has 0 spiro atoms. The molecule has 0 radical (unpaired) electrons. The first-order chi connectivity index (χ1) is 19.7. The highest BCUT2D eigenvalue weighted by Gasteiger charge is 2.14. The van der Waals surface area contributed by atoms with E-state index in [1.807, 2.05) is 60.7 Å². The number of carbonyl (C=O) groups excluding carboxylic acids is 1. The summed E-state index contributed by atoms with van der Waals surface area (Å²) < 4.78 is 17.8. The highest BCUT2D eigenvalue weighted by atomic mass is 16.5. The minimum atomic E-state index is 0.318. The predicted molar refractivity (Wildman–Crippen MR) is 159 cm³/mol. The number of aliphatic hydroxyl groups is 1. The maximum Gasteiger partial charge on any atom is 0.142 e. The summed E-state index contributed by atoms with van der Waals surface area (Å²) in [5.74, 6) is 2.34. The van der Waals surface area contributed by atoms with Gasteiger partial charge >= 0.3 is 0 Å². The van der Waals surface area contributed by atoms with Crippen molar-refractivity contribution in [1.29, 1.82) is 0 Å². The molecular formula is C33H34N2O5. The van der Waals surface area contributed by atoms with Crippen molar-refractivity contribution >= 4 is 22.9 Å². The summed E-state index contributed by atoms with van der Waals surface area (Å²) in [6, 6.07) is 29.9. The van der Waals surface area contributed by atoms with Crippen LogP contribution in [0, 0.1) is 0 Å². The Morgan fingerprint density at radius 2 is 1.73 bits per heavy atom. The number of methoxy groups -OCH3 is 1. The molecule has 1 heterocycles. The molecule has 4 N–H and O–H groups in total. The number of carbonyl (C=O) groups is 1. The quantitative estimate of drug-likeness (QED) is 0.174. The Kier molecular flexibility index (Phi) is 9.93. The molecule has 7 nitrogen and oxygen atoms in total. The normalized spacial score (nSPS) is 10.5. The lowest BCUT2D eigenvalue weighted by Gasteiger charge is -2.12. The average Bonchev–Trinajstić information content (AvgIpc) is 3.43. The Hall–Kier alpha value is -4.59. The van der Waals surface area contributed by atoms with E-state index in [-0.39, 0.29) is 0 Å². The van der Waals surface area contributed by atoms with E-state index in [4.69, 9.17) is 24.7 Å². The highest BCUT2D eigenvalue weighted by Crippen LogP contribution is 2.34. The summed E-state index contributed by atoms with van der Waals surface area (Å²) >= 11 is 0. The number of furan rings is 1. The fourth-order valence-corrected chi connectivity index (χ4v) is 4.48. The van der Waals surface area contributed by atoms with Gasteiger partial charge in [-0.1, -0.05) is 36.4 Å². The van der Waals surface area contributed by atoms with Gasteiger partial charge in [-0.05, 0) is 71.3 Å². The van der Waals surface area contributed by atoms with Gasteiger partial charge in [-0.3, -0.25) is 0 Å². The summed E-state index contributed by atoms with van der Waals surface area (Å²) in [5, 5.41) is 11.4. The summed E-state index contributed by atoms with van der Waals surface area (Å²) in [5.41, 5.74) is 12.6. The molecule has 0 saturated heterocycles. The predicted octanol–water partition coefficient (Wildman–Crippen LogP) is 6.11. The third-order valence-corrected chi connectivity index (χ3v) is 6.43. The molecule has 0 aliphatic carbocycles. The SMILES string of the molecule is CO.COc1ccc(NCc2cc3cc(COc4ccccc4CC=O)cc(-c4cccc(CN)c4)c3o2)cc1. The van der Waals surface area contributed by atoms with Gasteiger partial charge in [-0.2, -0.15) is 0 Å². The second-order valence-electron chi connectivity index (χ2n) is 9.03. The summed E-state index contributed by atoms with van der Waals surface area (Å²) in [6.07, 6.45) is 1.21. The molecule has 1 aromatic heterocycles. The van der Waals surface area contributed by atoms with Crippen LogP contribution in [0.2, 0.25) is 0 Å². The van der Waals surface area contributed by atoms with Crippen molar-refractivity contribution in [2.24, 2.45) is 5.73 Å². The second kappa shape index (κ2) is 14.0. The third kappa shape index (κ3) is 6.88. The van der Waals surface area contributed by atoms with Crippen LogP contribution in [0.5, 0.6) is 11.5 Å². The number of rotatable bonds is 11. The van der Waals surface area contributed by atoms with E-state index in [1.165, 1.54) is 0 Å².